The van der Waals surface area contributed by atoms with Crippen LogP contribution in [0.4, 0.5) is 17.1 Å². The number of Topliss-reactive ketones (excluding diaryl/α,β-unsaturated/α-hetero) is 1. The number of hydrogen-bond acceptors (Lipinski definition) is 14. The van der Waals surface area contributed by atoms with E-state index in [4.69, 9.17) is 45.2 Å². The minimum Gasteiger partial charge on any atom is -0.491 e. The van der Waals surface area contributed by atoms with Crippen LogP contribution in [0.3, 0.4) is 0 Å². The third-order valence-electron chi connectivity index (χ3n) is 9.94. The normalized spacial score (nSPS) is 16.4. The molecule has 2 unspecified atom stereocenters. The molecule has 7 aromatic rings. The van der Waals surface area contributed by atoms with Gasteiger partial charge in [-0.2, -0.15) is 0 Å². The lowest BCUT2D eigenvalue weighted by molar-refractivity contribution is -0.123. The van der Waals surface area contributed by atoms with E-state index < -0.39 is 28.3 Å². The molecule has 0 spiro atoms. The van der Waals surface area contributed by atoms with Crippen LogP contribution in [0.15, 0.2) is 131 Å². The molecule has 0 amide bonds. The van der Waals surface area contributed by atoms with Gasteiger partial charge in [-0.25, -0.2) is 9.97 Å². The van der Waals surface area contributed by atoms with Gasteiger partial charge in [-0.3, -0.25) is 19.2 Å². The second-order valence-corrected chi connectivity index (χ2v) is 13.7. The van der Waals surface area contributed by atoms with Crippen molar-refractivity contribution in [3.8, 4) is 33.8 Å². The Hall–Kier alpha value is -7.74. The van der Waals surface area contributed by atoms with E-state index >= 15 is 0 Å². The van der Waals surface area contributed by atoms with Gasteiger partial charge in [0.1, 0.15) is 70.7 Å². The predicted molar refractivity (Wildman–Crippen MR) is 212 cm³/mol. The van der Waals surface area contributed by atoms with Crippen LogP contribution in [0.25, 0.3) is 72.3 Å². The Morgan fingerprint density at radius 1 is 0.607 bits per heavy atom. The molecular weight excluding hydrogens is 716 g/mol. The summed E-state index contributed by atoms with van der Waals surface area (Å²) in [5, 5.41) is 0.624. The maximum Gasteiger partial charge on any atom is 0.215 e. The van der Waals surface area contributed by atoms with E-state index in [1.54, 1.807) is 91.8 Å². The van der Waals surface area contributed by atoms with Crippen LogP contribution in [0.2, 0.25) is 0 Å². The molecule has 0 saturated carbocycles. The number of likely N-dealkylation sites (N-methyl/N-ethyl adjacent to an activating group) is 1. The molecule has 14 heteroatoms. The number of carbonyl (C=O) groups is 1. The van der Waals surface area contributed by atoms with Crippen molar-refractivity contribution in [2.45, 2.75) is 6.10 Å². The average molecular weight is 747 g/mol. The van der Waals surface area contributed by atoms with Crippen molar-refractivity contribution in [1.82, 2.24) is 14.9 Å². The molecule has 3 aromatic carbocycles. The fraction of sp³-hybridized carbons (Fsp3) is 0.0952. The highest BCUT2D eigenvalue weighted by molar-refractivity contribution is 6.01. The van der Waals surface area contributed by atoms with Crippen LogP contribution in [0, 0.1) is 5.92 Å². The largest absolute Gasteiger partial charge is 0.491 e. The highest BCUT2D eigenvalue weighted by Crippen LogP contribution is 2.40. The van der Waals surface area contributed by atoms with Crippen LogP contribution >= 0.6 is 0 Å². The van der Waals surface area contributed by atoms with Crippen molar-refractivity contribution in [3.05, 3.63) is 140 Å². The first-order valence-electron chi connectivity index (χ1n) is 17.3. The number of ketones is 1. The molecule has 4 aromatic heterocycles. The second kappa shape index (κ2) is 12.7. The number of benzene rings is 3. The summed E-state index contributed by atoms with van der Waals surface area (Å²) in [4.78, 5) is 65.7. The molecule has 6 N–H and O–H groups in total. The Morgan fingerprint density at radius 3 is 1.48 bits per heavy atom. The third-order valence-corrected chi connectivity index (χ3v) is 9.94. The molecule has 0 saturated heterocycles. The number of anilines is 3. The minimum absolute atomic E-state index is 0.0720. The summed E-state index contributed by atoms with van der Waals surface area (Å²) in [5.74, 6) is -0.844. The van der Waals surface area contributed by atoms with Crippen LogP contribution < -0.4 is 33.5 Å². The zero-order valence-corrected chi connectivity index (χ0v) is 29.7. The monoisotopic (exact) mass is 746 g/mol. The number of allylic oxidation sites excluding steroid dienone is 3. The van der Waals surface area contributed by atoms with Crippen molar-refractivity contribution in [1.29, 1.82) is 0 Å². The Labute approximate surface area is 315 Å². The highest BCUT2D eigenvalue weighted by Gasteiger charge is 2.36. The number of carbonyl (C=O) groups excluding carboxylic acids is 1. The quantitative estimate of drug-likeness (QED) is 0.198. The minimum atomic E-state index is -0.697. The average Bonchev–Trinajstić information content (AvgIpc) is 3.21. The molecule has 2 atom stereocenters. The van der Waals surface area contributed by atoms with Gasteiger partial charge in [0.25, 0.3) is 0 Å². The van der Waals surface area contributed by atoms with E-state index in [1.165, 1.54) is 25.1 Å². The SMILES string of the molecule is CN(C)C1=COC2C=CC(c3nc(-c4ccc5occ(N)c(=O)c5c4)c(-c4ccc5occ(N)c(=O)c5c4)nc3-c3ccc4occ(N)c(=O)c4c3)=CC2C1=O. The molecule has 5 heterocycles. The first-order valence-corrected chi connectivity index (χ1v) is 17.3. The zero-order chi connectivity index (χ0) is 39.0. The Morgan fingerprint density at radius 2 is 1.04 bits per heavy atom. The Bertz CT molecular complexity index is 3140. The first kappa shape index (κ1) is 34.1. The van der Waals surface area contributed by atoms with Gasteiger partial charge in [0.2, 0.25) is 16.3 Å². The summed E-state index contributed by atoms with van der Waals surface area (Å²) in [6, 6.07) is 14.9. The van der Waals surface area contributed by atoms with Crippen LogP contribution in [-0.2, 0) is 9.53 Å². The molecular formula is C42H30N6O8. The fourth-order valence-corrected chi connectivity index (χ4v) is 6.99. The number of nitrogens with two attached hydrogens (primary N) is 3. The van der Waals surface area contributed by atoms with Crippen LogP contribution in [0.1, 0.15) is 5.69 Å². The summed E-state index contributed by atoms with van der Waals surface area (Å²) in [6.45, 7) is 0. The van der Waals surface area contributed by atoms with E-state index in [2.05, 4.69) is 0 Å². The van der Waals surface area contributed by atoms with E-state index in [1.807, 2.05) is 0 Å². The number of nitrogens with zero attached hydrogens (tertiary/aromatic N) is 3. The van der Waals surface area contributed by atoms with Crippen molar-refractivity contribution in [3.63, 3.8) is 0 Å². The number of ether oxygens (including phenoxy) is 1. The number of aromatic nitrogens is 2. The molecule has 0 radical (unpaired) electrons. The van der Waals surface area contributed by atoms with E-state index in [-0.39, 0.29) is 39.0 Å². The van der Waals surface area contributed by atoms with Crippen LogP contribution in [0.5, 0.6) is 0 Å². The molecule has 9 rings (SSSR count). The Balaban J connectivity index is 1.37. The van der Waals surface area contributed by atoms with E-state index in [0.29, 0.717) is 67.5 Å². The molecule has 1 aliphatic carbocycles. The van der Waals surface area contributed by atoms with Gasteiger partial charge in [0, 0.05) is 30.8 Å². The second-order valence-electron chi connectivity index (χ2n) is 13.7. The summed E-state index contributed by atoms with van der Waals surface area (Å²) in [6.07, 6.45) is 9.84. The lowest BCUT2D eigenvalue weighted by atomic mass is 9.85. The molecule has 2 aliphatic rings. The van der Waals surface area contributed by atoms with Gasteiger partial charge in [-0.05, 0) is 66.2 Å². The van der Waals surface area contributed by atoms with E-state index in [0.717, 1.165) is 0 Å². The van der Waals surface area contributed by atoms with Crippen molar-refractivity contribution < 1.29 is 22.8 Å². The molecule has 1 aliphatic heterocycles. The van der Waals surface area contributed by atoms with Crippen molar-refractivity contribution in [2.24, 2.45) is 5.92 Å². The van der Waals surface area contributed by atoms with Gasteiger partial charge >= 0.3 is 0 Å². The van der Waals surface area contributed by atoms with Gasteiger partial charge in [0.05, 0.1) is 44.9 Å². The molecule has 0 fully saturated rings. The maximum absolute atomic E-state index is 13.8. The fourth-order valence-electron chi connectivity index (χ4n) is 6.99. The lowest BCUT2D eigenvalue weighted by Crippen LogP contribution is -2.37. The summed E-state index contributed by atoms with van der Waals surface area (Å²) in [5.41, 5.74) is 20.8. The maximum atomic E-state index is 13.8. The van der Waals surface area contributed by atoms with Gasteiger partial charge in [-0.1, -0.05) is 12.2 Å². The summed E-state index contributed by atoms with van der Waals surface area (Å²) >= 11 is 0. The predicted octanol–water partition coefficient (Wildman–Crippen LogP) is 5.48. The molecule has 0 bridgehead atoms. The standard InChI is InChI=1S/C42H30N6O8/c1-48(2)30-18-56-34-10-6-22(14-26(34)42(30)52)38-37(21-5-9-33-25(13-21)41(51)29(45)17-55-33)46-35(19-3-7-31-23(11-19)39(49)27(43)15-53-31)36(47-38)20-4-8-32-24(12-20)40(50)28(44)16-54-32/h3-18,26,34H,43-45H2,1-2H3. The number of fused-ring (bicyclic) bond motifs is 4. The summed E-state index contributed by atoms with van der Waals surface area (Å²) in [7, 11) is 3.52. The Kier molecular flexibility index (Phi) is 7.72. The highest BCUT2D eigenvalue weighted by atomic mass is 16.5. The molecule has 56 heavy (non-hydrogen) atoms. The molecule has 14 nitrogen and oxygen atoms in total. The van der Waals surface area contributed by atoms with Crippen molar-refractivity contribution >= 4 is 61.3 Å². The summed E-state index contributed by atoms with van der Waals surface area (Å²) < 4.78 is 22.8. The number of nitrogen functional groups attached to an aromatic ring is 3. The number of rotatable bonds is 5. The van der Waals surface area contributed by atoms with Crippen LogP contribution in [-0.4, -0.2) is 40.9 Å². The topological polar surface area (TPSA) is 224 Å². The lowest BCUT2D eigenvalue weighted by Gasteiger charge is -2.31. The van der Waals surface area contributed by atoms with Gasteiger partial charge < -0.3 is 40.1 Å². The van der Waals surface area contributed by atoms with Crippen molar-refractivity contribution in [2.75, 3.05) is 31.3 Å². The molecule has 276 valence electrons. The third kappa shape index (κ3) is 5.42. The van der Waals surface area contributed by atoms with Gasteiger partial charge in [-0.15, -0.1) is 0 Å². The first-order chi connectivity index (χ1) is 27.0. The number of hydrogen-bond donors (Lipinski definition) is 3. The van der Waals surface area contributed by atoms with E-state index in [9.17, 15) is 19.2 Å². The zero-order valence-electron chi connectivity index (χ0n) is 29.7. The smallest absolute Gasteiger partial charge is 0.215 e. The van der Waals surface area contributed by atoms with Gasteiger partial charge in [0.15, 0.2) is 5.78 Å².